The van der Waals surface area contributed by atoms with Gasteiger partial charge in [0.1, 0.15) is 0 Å². The van der Waals surface area contributed by atoms with Crippen molar-refractivity contribution < 1.29 is 28.6 Å². The average molecular weight is 512 g/mol. The molecule has 2 aliphatic rings. The Bertz CT molecular complexity index is 881. The van der Waals surface area contributed by atoms with E-state index in [0.29, 0.717) is 38.9 Å². The number of benzene rings is 1. The molecule has 0 aromatic heterocycles. The fourth-order valence-corrected chi connectivity index (χ4v) is 4.98. The standard InChI is InChI=1S/C22H26BrNO6S/c1-3-29-20(25)13-30-18-11-16(23)15(9-17(18)28-2)10-19-21(26)24(22(27)31-19)12-14-7-5-4-6-8-14/h9-11,14H,3-8,12-13H2,1-2H3/b19-10+. The normalized spacial score (nSPS) is 18.5. The number of ether oxygens (including phenoxy) is 3. The molecule has 1 heterocycles. The Kier molecular flexibility index (Phi) is 8.43. The maximum absolute atomic E-state index is 12.9. The molecule has 9 heteroatoms. The molecule has 168 valence electrons. The van der Waals surface area contributed by atoms with Crippen molar-refractivity contribution in [1.82, 2.24) is 4.90 Å². The zero-order valence-electron chi connectivity index (χ0n) is 17.6. The highest BCUT2D eigenvalue weighted by atomic mass is 79.9. The van der Waals surface area contributed by atoms with Crippen LogP contribution in [-0.4, -0.2) is 48.9 Å². The number of hydrogen-bond acceptors (Lipinski definition) is 7. The van der Waals surface area contributed by atoms with Gasteiger partial charge in [-0.15, -0.1) is 0 Å². The van der Waals surface area contributed by atoms with E-state index >= 15 is 0 Å². The minimum absolute atomic E-state index is 0.223. The van der Waals surface area contributed by atoms with Crippen LogP contribution in [0.4, 0.5) is 4.79 Å². The predicted octanol–water partition coefficient (Wildman–Crippen LogP) is 5.02. The maximum atomic E-state index is 12.9. The minimum Gasteiger partial charge on any atom is -0.493 e. The van der Waals surface area contributed by atoms with Crippen molar-refractivity contribution in [3.8, 4) is 11.5 Å². The van der Waals surface area contributed by atoms with Crippen LogP contribution in [0.15, 0.2) is 21.5 Å². The summed E-state index contributed by atoms with van der Waals surface area (Å²) < 4.78 is 16.4. The molecule has 2 amide bonds. The van der Waals surface area contributed by atoms with Crippen LogP contribution in [-0.2, 0) is 14.3 Å². The second kappa shape index (κ2) is 11.0. The quantitative estimate of drug-likeness (QED) is 0.358. The van der Waals surface area contributed by atoms with E-state index in [2.05, 4.69) is 15.9 Å². The van der Waals surface area contributed by atoms with Crippen molar-refractivity contribution in [3.05, 3.63) is 27.1 Å². The summed E-state index contributed by atoms with van der Waals surface area (Å²) in [5.74, 6) is 0.430. The molecule has 2 fully saturated rings. The van der Waals surface area contributed by atoms with E-state index in [4.69, 9.17) is 14.2 Å². The van der Waals surface area contributed by atoms with Gasteiger partial charge in [0.2, 0.25) is 0 Å². The van der Waals surface area contributed by atoms with Gasteiger partial charge in [0.05, 0.1) is 18.6 Å². The van der Waals surface area contributed by atoms with Gasteiger partial charge < -0.3 is 14.2 Å². The molecule has 1 saturated heterocycles. The highest BCUT2D eigenvalue weighted by molar-refractivity contribution is 9.10. The molecule has 3 rings (SSSR count). The Morgan fingerprint density at radius 2 is 1.97 bits per heavy atom. The Labute approximate surface area is 194 Å². The van der Waals surface area contributed by atoms with Crippen molar-refractivity contribution in [2.75, 3.05) is 26.9 Å². The third-order valence-corrected chi connectivity index (χ3v) is 6.85. The van der Waals surface area contributed by atoms with Gasteiger partial charge >= 0.3 is 5.97 Å². The van der Waals surface area contributed by atoms with Crippen LogP contribution >= 0.6 is 27.7 Å². The summed E-state index contributed by atoms with van der Waals surface area (Å²) in [4.78, 5) is 38.6. The first-order valence-electron chi connectivity index (χ1n) is 10.3. The molecule has 1 saturated carbocycles. The molecule has 1 aliphatic heterocycles. The largest absolute Gasteiger partial charge is 0.493 e. The Hall–Kier alpha value is -2.00. The Balaban J connectivity index is 1.75. The molecule has 0 radical (unpaired) electrons. The first-order valence-corrected chi connectivity index (χ1v) is 11.9. The van der Waals surface area contributed by atoms with Crippen LogP contribution in [0.2, 0.25) is 0 Å². The molecule has 0 unspecified atom stereocenters. The van der Waals surface area contributed by atoms with Crippen LogP contribution < -0.4 is 9.47 Å². The van der Waals surface area contributed by atoms with Gasteiger partial charge in [0, 0.05) is 11.0 Å². The molecule has 1 aromatic carbocycles. The first kappa shape index (κ1) is 23.7. The van der Waals surface area contributed by atoms with Crippen LogP contribution in [0.3, 0.4) is 0 Å². The van der Waals surface area contributed by atoms with Gasteiger partial charge in [0.25, 0.3) is 11.1 Å². The summed E-state index contributed by atoms with van der Waals surface area (Å²) in [5, 5.41) is -0.223. The zero-order chi connectivity index (χ0) is 22.4. The number of carbonyl (C=O) groups is 3. The fraction of sp³-hybridized carbons (Fsp3) is 0.500. The number of thioether (sulfide) groups is 1. The lowest BCUT2D eigenvalue weighted by Gasteiger charge is -2.25. The number of imide groups is 1. The second-order valence-electron chi connectivity index (χ2n) is 7.41. The fourth-order valence-electron chi connectivity index (χ4n) is 3.70. The topological polar surface area (TPSA) is 82.1 Å². The van der Waals surface area contributed by atoms with E-state index in [1.165, 1.54) is 18.4 Å². The van der Waals surface area contributed by atoms with E-state index in [1.807, 2.05) is 0 Å². The lowest BCUT2D eigenvalue weighted by molar-refractivity contribution is -0.145. The number of amides is 2. The lowest BCUT2D eigenvalue weighted by atomic mass is 9.89. The molecular formula is C22H26BrNO6S. The molecule has 0 spiro atoms. The van der Waals surface area contributed by atoms with Gasteiger partial charge in [-0.05, 0) is 61.2 Å². The predicted molar refractivity (Wildman–Crippen MR) is 122 cm³/mol. The van der Waals surface area contributed by atoms with Crippen molar-refractivity contribution in [2.24, 2.45) is 5.92 Å². The molecule has 0 N–H and O–H groups in total. The number of nitrogens with zero attached hydrogens (tertiary/aromatic N) is 1. The molecule has 7 nitrogen and oxygen atoms in total. The Morgan fingerprint density at radius 3 is 2.65 bits per heavy atom. The first-order chi connectivity index (χ1) is 14.9. The van der Waals surface area contributed by atoms with Gasteiger partial charge in [-0.3, -0.25) is 14.5 Å². The van der Waals surface area contributed by atoms with Crippen molar-refractivity contribution in [1.29, 1.82) is 0 Å². The third-order valence-electron chi connectivity index (χ3n) is 5.26. The van der Waals surface area contributed by atoms with Gasteiger partial charge in [0.15, 0.2) is 18.1 Å². The molecule has 0 bridgehead atoms. The minimum atomic E-state index is -0.476. The van der Waals surface area contributed by atoms with E-state index in [1.54, 1.807) is 25.1 Å². The zero-order valence-corrected chi connectivity index (χ0v) is 20.1. The highest BCUT2D eigenvalue weighted by Gasteiger charge is 2.36. The summed E-state index contributed by atoms with van der Waals surface area (Å²) in [5.41, 5.74) is 0.670. The highest BCUT2D eigenvalue weighted by Crippen LogP contribution is 2.39. The third kappa shape index (κ3) is 6.04. The number of methoxy groups -OCH3 is 1. The lowest BCUT2D eigenvalue weighted by Crippen LogP contribution is -2.34. The van der Waals surface area contributed by atoms with E-state index in [9.17, 15) is 14.4 Å². The summed E-state index contributed by atoms with van der Waals surface area (Å²) in [6.07, 6.45) is 7.36. The van der Waals surface area contributed by atoms with E-state index in [0.717, 1.165) is 37.4 Å². The van der Waals surface area contributed by atoms with Crippen LogP contribution in [0, 0.1) is 5.92 Å². The van der Waals surface area contributed by atoms with Gasteiger partial charge in [-0.2, -0.15) is 0 Å². The maximum Gasteiger partial charge on any atom is 0.344 e. The number of esters is 1. The molecular weight excluding hydrogens is 486 g/mol. The van der Waals surface area contributed by atoms with Crippen molar-refractivity contribution >= 4 is 50.9 Å². The number of halogens is 1. The van der Waals surface area contributed by atoms with E-state index in [-0.39, 0.29) is 24.4 Å². The molecule has 31 heavy (non-hydrogen) atoms. The molecule has 1 aliphatic carbocycles. The monoisotopic (exact) mass is 511 g/mol. The van der Waals surface area contributed by atoms with Crippen molar-refractivity contribution in [3.63, 3.8) is 0 Å². The summed E-state index contributed by atoms with van der Waals surface area (Å²) >= 11 is 4.43. The molecule has 1 aromatic rings. The summed E-state index contributed by atoms with van der Waals surface area (Å²) in [6, 6.07) is 3.36. The average Bonchev–Trinajstić information content (AvgIpc) is 3.02. The van der Waals surface area contributed by atoms with Crippen molar-refractivity contribution in [2.45, 2.75) is 39.0 Å². The van der Waals surface area contributed by atoms with Crippen LogP contribution in [0.5, 0.6) is 11.5 Å². The SMILES string of the molecule is CCOC(=O)COc1cc(Br)c(/C=C2/SC(=O)N(CC3CCCCC3)C2=O)cc1OC. The van der Waals surface area contributed by atoms with Gasteiger partial charge in [-0.25, -0.2) is 4.79 Å². The Morgan fingerprint density at radius 1 is 1.23 bits per heavy atom. The smallest absolute Gasteiger partial charge is 0.344 e. The molecule has 0 atom stereocenters. The number of rotatable bonds is 8. The summed E-state index contributed by atoms with van der Waals surface area (Å²) in [7, 11) is 1.49. The van der Waals surface area contributed by atoms with Crippen LogP contribution in [0.1, 0.15) is 44.6 Å². The van der Waals surface area contributed by atoms with Gasteiger partial charge in [-0.1, -0.05) is 35.2 Å². The number of carbonyl (C=O) groups excluding carboxylic acids is 3. The number of hydrogen-bond donors (Lipinski definition) is 0. The second-order valence-corrected chi connectivity index (χ2v) is 9.26. The van der Waals surface area contributed by atoms with E-state index < -0.39 is 5.97 Å². The summed E-state index contributed by atoms with van der Waals surface area (Å²) in [6.45, 7) is 2.25. The van der Waals surface area contributed by atoms with Crippen LogP contribution in [0.25, 0.3) is 6.08 Å².